The Bertz CT molecular complexity index is 995. The molecular weight excluding hydrogens is 440 g/mol. The van der Waals surface area contributed by atoms with E-state index in [1.165, 1.54) is 11.1 Å². The van der Waals surface area contributed by atoms with Gasteiger partial charge in [-0.2, -0.15) is 0 Å². The number of aliphatic hydroxyl groups is 3. The third kappa shape index (κ3) is 2.79. The van der Waals surface area contributed by atoms with Crippen molar-refractivity contribution >= 4 is 5.97 Å². The zero-order valence-corrected chi connectivity index (χ0v) is 22.8. The van der Waals surface area contributed by atoms with Crippen LogP contribution in [0.3, 0.4) is 0 Å². The maximum Gasteiger partial charge on any atom is 0.317 e. The average molecular weight is 487 g/mol. The summed E-state index contributed by atoms with van der Waals surface area (Å²) in [6, 6.07) is 0. The number of esters is 1. The number of ether oxygens (including phenoxy) is 1. The lowest BCUT2D eigenvalue weighted by Crippen LogP contribution is -2.64. The quantitative estimate of drug-likeness (QED) is 0.483. The van der Waals surface area contributed by atoms with E-state index in [0.29, 0.717) is 37.5 Å². The van der Waals surface area contributed by atoms with Crippen LogP contribution in [0.25, 0.3) is 0 Å². The summed E-state index contributed by atoms with van der Waals surface area (Å²) in [7, 11) is 0. The molecule has 0 aromatic heterocycles. The first kappa shape index (κ1) is 25.5. The van der Waals surface area contributed by atoms with Crippen LogP contribution >= 0.6 is 0 Å². The minimum absolute atomic E-state index is 0.0687. The lowest BCUT2D eigenvalue weighted by molar-refractivity contribution is -0.187. The Kier molecular flexibility index (Phi) is 5.42. The fourth-order valence-electron chi connectivity index (χ4n) is 9.39. The Balaban J connectivity index is 1.59. The Labute approximate surface area is 211 Å². The molecule has 0 amide bonds. The molecule has 0 aromatic rings. The van der Waals surface area contributed by atoms with Gasteiger partial charge in [-0.1, -0.05) is 53.7 Å². The topological polar surface area (TPSA) is 87.0 Å². The van der Waals surface area contributed by atoms with Crippen LogP contribution in [-0.4, -0.2) is 44.7 Å². The van der Waals surface area contributed by atoms with Gasteiger partial charge < -0.3 is 20.1 Å². The number of hydrogen-bond acceptors (Lipinski definition) is 5. The second-order valence-corrected chi connectivity index (χ2v) is 14.1. The summed E-state index contributed by atoms with van der Waals surface area (Å²) in [5.41, 5.74) is -2.13. The van der Waals surface area contributed by atoms with Crippen molar-refractivity contribution in [2.24, 2.45) is 33.5 Å². The van der Waals surface area contributed by atoms with E-state index in [0.717, 1.165) is 25.7 Å². The Morgan fingerprint density at radius 3 is 2.37 bits per heavy atom. The van der Waals surface area contributed by atoms with Gasteiger partial charge in [0, 0.05) is 5.41 Å². The maximum absolute atomic E-state index is 13.9. The molecule has 5 nitrogen and oxygen atoms in total. The van der Waals surface area contributed by atoms with Crippen molar-refractivity contribution in [3.63, 3.8) is 0 Å². The zero-order chi connectivity index (χ0) is 25.8. The van der Waals surface area contributed by atoms with Crippen LogP contribution in [0.4, 0.5) is 0 Å². The highest BCUT2D eigenvalue weighted by Gasteiger charge is 2.83. The third-order valence-corrected chi connectivity index (χ3v) is 11.9. The standard InChI is InChI=1S/C30H46O5/c1-18(2)8-11-23(32)28(7)30(34)17-16-27(6)20-9-10-21-25(3,4)22(31)13-14-26(21,5)19(20)12-15-29(27,30)24(33)35-28/h9,12,18,21-23,31-32,34H,8,10-11,13-17H2,1-7H3/t21-,22-,23?,26+,27-,28-,29+,30-/m0/s1. The predicted octanol–water partition coefficient (Wildman–Crippen LogP) is 5.08. The number of allylic oxidation sites excluding steroid dienone is 4. The second-order valence-electron chi connectivity index (χ2n) is 14.1. The number of aliphatic hydroxyl groups excluding tert-OH is 2. The summed E-state index contributed by atoms with van der Waals surface area (Å²) in [5.74, 6) is 0.390. The predicted molar refractivity (Wildman–Crippen MR) is 135 cm³/mol. The number of rotatable bonds is 4. The third-order valence-electron chi connectivity index (χ3n) is 11.9. The lowest BCUT2D eigenvalue weighted by atomic mass is 9.43. The number of hydrogen-bond donors (Lipinski definition) is 3. The average Bonchev–Trinajstić information content (AvgIpc) is 3.13. The maximum atomic E-state index is 13.9. The molecule has 5 heteroatoms. The Hall–Kier alpha value is -1.17. The lowest BCUT2D eigenvalue weighted by Gasteiger charge is -2.60. The van der Waals surface area contributed by atoms with Gasteiger partial charge in [-0.25, -0.2) is 0 Å². The first-order valence-electron chi connectivity index (χ1n) is 13.9. The molecular formula is C30H46O5. The summed E-state index contributed by atoms with van der Waals surface area (Å²) in [5, 5.41) is 34.5. The van der Waals surface area contributed by atoms with Gasteiger partial charge >= 0.3 is 5.97 Å². The van der Waals surface area contributed by atoms with Gasteiger partial charge in [0.25, 0.3) is 0 Å². The summed E-state index contributed by atoms with van der Waals surface area (Å²) in [6.45, 7) is 14.9. The van der Waals surface area contributed by atoms with Crippen molar-refractivity contribution in [3.05, 3.63) is 23.3 Å². The minimum Gasteiger partial charge on any atom is -0.453 e. The molecule has 0 aromatic carbocycles. The first-order valence-corrected chi connectivity index (χ1v) is 13.9. The van der Waals surface area contributed by atoms with E-state index >= 15 is 0 Å². The second kappa shape index (κ2) is 7.45. The molecule has 1 aliphatic heterocycles. The van der Waals surface area contributed by atoms with Gasteiger partial charge in [-0.3, -0.25) is 4.79 Å². The van der Waals surface area contributed by atoms with Crippen molar-refractivity contribution in [3.8, 4) is 0 Å². The molecule has 8 atom stereocenters. The van der Waals surface area contributed by atoms with Crippen molar-refractivity contribution < 1.29 is 24.9 Å². The smallest absolute Gasteiger partial charge is 0.317 e. The molecule has 1 heterocycles. The normalized spacial score (nSPS) is 48.8. The monoisotopic (exact) mass is 486 g/mol. The fourth-order valence-corrected chi connectivity index (χ4v) is 9.39. The molecule has 1 saturated heterocycles. The van der Waals surface area contributed by atoms with Gasteiger partial charge in [0.15, 0.2) is 5.60 Å². The van der Waals surface area contributed by atoms with E-state index < -0.39 is 28.1 Å². The molecule has 3 N–H and O–H groups in total. The van der Waals surface area contributed by atoms with Crippen molar-refractivity contribution in [2.45, 2.75) is 123 Å². The Morgan fingerprint density at radius 1 is 1.03 bits per heavy atom. The van der Waals surface area contributed by atoms with Crippen LogP contribution in [0.15, 0.2) is 23.3 Å². The minimum atomic E-state index is -1.43. The summed E-state index contributed by atoms with van der Waals surface area (Å²) >= 11 is 0. The molecule has 1 unspecified atom stereocenters. The molecule has 2 saturated carbocycles. The van der Waals surface area contributed by atoms with Gasteiger partial charge in [0.05, 0.1) is 12.2 Å². The van der Waals surface area contributed by atoms with E-state index in [1.54, 1.807) is 6.92 Å². The van der Waals surface area contributed by atoms with E-state index in [4.69, 9.17) is 4.74 Å². The van der Waals surface area contributed by atoms with Crippen LogP contribution in [0, 0.1) is 33.5 Å². The molecule has 3 fully saturated rings. The number of carbonyl (C=O) groups excluding carboxylic acids is 1. The highest BCUT2D eigenvalue weighted by atomic mass is 16.6. The Morgan fingerprint density at radius 2 is 1.71 bits per heavy atom. The fraction of sp³-hybridized carbons (Fsp3) is 0.833. The molecule has 5 aliphatic rings. The molecule has 0 radical (unpaired) electrons. The number of cyclic esters (lactones) is 1. The van der Waals surface area contributed by atoms with Crippen molar-refractivity contribution in [1.82, 2.24) is 0 Å². The van der Waals surface area contributed by atoms with Crippen molar-refractivity contribution in [2.75, 3.05) is 0 Å². The highest BCUT2D eigenvalue weighted by molar-refractivity contribution is 5.87. The molecule has 0 bridgehead atoms. The van der Waals surface area contributed by atoms with E-state index in [1.807, 2.05) is 0 Å². The van der Waals surface area contributed by atoms with Crippen LogP contribution in [0.1, 0.15) is 99.8 Å². The van der Waals surface area contributed by atoms with Crippen molar-refractivity contribution in [1.29, 1.82) is 0 Å². The first-order chi connectivity index (χ1) is 16.1. The van der Waals surface area contributed by atoms with Crippen LogP contribution < -0.4 is 0 Å². The number of fused-ring (bicyclic) bond motifs is 4. The highest BCUT2D eigenvalue weighted by Crippen LogP contribution is 2.76. The van der Waals surface area contributed by atoms with Gasteiger partial charge in [-0.05, 0) is 92.1 Å². The number of carbonyl (C=O) groups is 1. The van der Waals surface area contributed by atoms with Crippen LogP contribution in [-0.2, 0) is 9.53 Å². The summed E-state index contributed by atoms with van der Waals surface area (Å²) in [6.07, 6.45) is 8.75. The molecule has 196 valence electrons. The largest absolute Gasteiger partial charge is 0.453 e. The van der Waals surface area contributed by atoms with E-state index in [-0.39, 0.29) is 22.9 Å². The van der Waals surface area contributed by atoms with E-state index in [2.05, 4.69) is 53.7 Å². The summed E-state index contributed by atoms with van der Waals surface area (Å²) in [4.78, 5) is 13.9. The SMILES string of the molecule is CC(C)CCC(O)[C@]1(C)OC(=O)[C@]23CC=C4C(=CC[C@H]5C(C)(C)[C@@H](O)CC[C@]45C)[C@]2(C)CC[C@@]31O. The molecule has 4 aliphatic carbocycles. The summed E-state index contributed by atoms with van der Waals surface area (Å²) < 4.78 is 6.07. The molecule has 5 rings (SSSR count). The van der Waals surface area contributed by atoms with Crippen LogP contribution in [0.5, 0.6) is 0 Å². The zero-order valence-electron chi connectivity index (χ0n) is 22.8. The molecule has 35 heavy (non-hydrogen) atoms. The van der Waals surface area contributed by atoms with Gasteiger partial charge in [-0.15, -0.1) is 0 Å². The molecule has 1 spiro atoms. The van der Waals surface area contributed by atoms with E-state index in [9.17, 15) is 20.1 Å². The van der Waals surface area contributed by atoms with Gasteiger partial charge in [0.2, 0.25) is 0 Å². The van der Waals surface area contributed by atoms with Gasteiger partial charge in [0.1, 0.15) is 11.0 Å². The van der Waals surface area contributed by atoms with Crippen LogP contribution in [0.2, 0.25) is 0 Å².